The van der Waals surface area contributed by atoms with Crippen LogP contribution in [0.25, 0.3) is 0 Å². The molecule has 0 saturated carbocycles. The topological polar surface area (TPSA) is 49.6 Å². The highest BCUT2D eigenvalue weighted by molar-refractivity contribution is 5.79. The molecule has 1 aliphatic heterocycles. The van der Waals surface area contributed by atoms with Crippen molar-refractivity contribution in [2.24, 2.45) is 5.92 Å². The van der Waals surface area contributed by atoms with Crippen LogP contribution in [0.4, 0.5) is 4.39 Å². The van der Waals surface area contributed by atoms with Gasteiger partial charge in [0.05, 0.1) is 18.2 Å². The van der Waals surface area contributed by atoms with E-state index in [2.05, 4.69) is 10.1 Å². The molecule has 1 aliphatic rings. The summed E-state index contributed by atoms with van der Waals surface area (Å²) in [5, 5.41) is 3.96. The SMILES string of the molecule is Cc1noc(C)c1CN(C)C(=O)C1CCCN(Cc2cccc(F)c2)C1. The van der Waals surface area contributed by atoms with Gasteiger partial charge < -0.3 is 9.42 Å². The second-order valence-electron chi connectivity index (χ2n) is 7.20. The van der Waals surface area contributed by atoms with E-state index in [4.69, 9.17) is 4.52 Å². The molecule has 1 fully saturated rings. The third-order valence-electron chi connectivity index (χ3n) is 5.10. The largest absolute Gasteiger partial charge is 0.361 e. The quantitative estimate of drug-likeness (QED) is 0.822. The number of likely N-dealkylation sites (tertiary alicyclic amines) is 1. The second-order valence-corrected chi connectivity index (χ2v) is 7.20. The van der Waals surface area contributed by atoms with Crippen molar-refractivity contribution in [2.45, 2.75) is 39.8 Å². The average Bonchev–Trinajstić information content (AvgIpc) is 2.93. The summed E-state index contributed by atoms with van der Waals surface area (Å²) in [6, 6.07) is 6.68. The molecule has 0 N–H and O–H groups in total. The normalized spacial score (nSPS) is 18.1. The average molecular weight is 359 g/mol. The Morgan fingerprint density at radius 2 is 2.23 bits per heavy atom. The summed E-state index contributed by atoms with van der Waals surface area (Å²) in [6.45, 7) is 6.60. The first kappa shape index (κ1) is 18.6. The van der Waals surface area contributed by atoms with E-state index >= 15 is 0 Å². The monoisotopic (exact) mass is 359 g/mol. The Morgan fingerprint density at radius 1 is 1.42 bits per heavy atom. The van der Waals surface area contributed by atoms with Crippen molar-refractivity contribution >= 4 is 5.91 Å². The molecule has 1 saturated heterocycles. The van der Waals surface area contributed by atoms with Gasteiger partial charge in [0.1, 0.15) is 11.6 Å². The maximum Gasteiger partial charge on any atom is 0.227 e. The zero-order valence-electron chi connectivity index (χ0n) is 15.7. The summed E-state index contributed by atoms with van der Waals surface area (Å²) in [7, 11) is 1.83. The van der Waals surface area contributed by atoms with Gasteiger partial charge in [0.25, 0.3) is 0 Å². The van der Waals surface area contributed by atoms with Crippen LogP contribution in [0.3, 0.4) is 0 Å². The van der Waals surface area contributed by atoms with Gasteiger partial charge in [-0.25, -0.2) is 4.39 Å². The number of halogens is 1. The van der Waals surface area contributed by atoms with Gasteiger partial charge in [0.15, 0.2) is 0 Å². The molecular formula is C20H26FN3O2. The third-order valence-corrected chi connectivity index (χ3v) is 5.10. The highest BCUT2D eigenvalue weighted by atomic mass is 19.1. The number of nitrogens with zero attached hydrogens (tertiary/aromatic N) is 3. The predicted molar refractivity (Wildman–Crippen MR) is 96.9 cm³/mol. The minimum atomic E-state index is -0.216. The van der Waals surface area contributed by atoms with E-state index in [9.17, 15) is 9.18 Å². The molecule has 5 nitrogen and oxygen atoms in total. The molecule has 1 atom stereocenters. The van der Waals surface area contributed by atoms with Crippen LogP contribution >= 0.6 is 0 Å². The van der Waals surface area contributed by atoms with Crippen LogP contribution in [-0.2, 0) is 17.9 Å². The van der Waals surface area contributed by atoms with Crippen LogP contribution in [-0.4, -0.2) is 41.0 Å². The summed E-state index contributed by atoms with van der Waals surface area (Å²) in [6.07, 6.45) is 1.87. The summed E-state index contributed by atoms with van der Waals surface area (Å²) in [5.41, 5.74) is 2.76. The fourth-order valence-corrected chi connectivity index (χ4v) is 3.65. The lowest BCUT2D eigenvalue weighted by molar-refractivity contribution is -0.136. The smallest absolute Gasteiger partial charge is 0.227 e. The minimum Gasteiger partial charge on any atom is -0.361 e. The number of amides is 1. The Labute approximate surface area is 153 Å². The Balaban J connectivity index is 1.60. The van der Waals surface area contributed by atoms with Crippen molar-refractivity contribution in [3.8, 4) is 0 Å². The highest BCUT2D eigenvalue weighted by Crippen LogP contribution is 2.22. The predicted octanol–water partition coefficient (Wildman–Crippen LogP) is 3.30. The molecule has 2 heterocycles. The molecule has 1 aromatic carbocycles. The lowest BCUT2D eigenvalue weighted by Crippen LogP contribution is -2.43. The zero-order valence-corrected chi connectivity index (χ0v) is 15.7. The van der Waals surface area contributed by atoms with Crippen molar-refractivity contribution < 1.29 is 13.7 Å². The number of benzene rings is 1. The molecule has 3 rings (SSSR count). The van der Waals surface area contributed by atoms with Gasteiger partial charge in [-0.3, -0.25) is 9.69 Å². The first-order valence-corrected chi connectivity index (χ1v) is 9.07. The molecular weight excluding hydrogens is 333 g/mol. The van der Waals surface area contributed by atoms with Crippen molar-refractivity contribution in [3.05, 3.63) is 52.7 Å². The van der Waals surface area contributed by atoms with E-state index in [-0.39, 0.29) is 17.6 Å². The van der Waals surface area contributed by atoms with Crippen molar-refractivity contribution in [1.82, 2.24) is 15.0 Å². The van der Waals surface area contributed by atoms with Crippen molar-refractivity contribution in [2.75, 3.05) is 20.1 Å². The summed E-state index contributed by atoms with van der Waals surface area (Å²) >= 11 is 0. The van der Waals surface area contributed by atoms with E-state index < -0.39 is 0 Å². The fourth-order valence-electron chi connectivity index (χ4n) is 3.65. The van der Waals surface area contributed by atoms with Gasteiger partial charge >= 0.3 is 0 Å². The maximum atomic E-state index is 13.4. The Hall–Kier alpha value is -2.21. The number of hydrogen-bond donors (Lipinski definition) is 0. The van der Waals surface area contributed by atoms with Crippen LogP contribution in [0.2, 0.25) is 0 Å². The number of piperidine rings is 1. The first-order chi connectivity index (χ1) is 12.4. The van der Waals surface area contributed by atoms with Crippen molar-refractivity contribution in [3.63, 3.8) is 0 Å². The molecule has 1 amide bonds. The number of aromatic nitrogens is 1. The zero-order chi connectivity index (χ0) is 18.7. The Morgan fingerprint density at radius 3 is 2.92 bits per heavy atom. The van der Waals surface area contributed by atoms with Crippen LogP contribution < -0.4 is 0 Å². The summed E-state index contributed by atoms with van der Waals surface area (Å²) in [4.78, 5) is 16.9. The molecule has 26 heavy (non-hydrogen) atoms. The molecule has 2 aromatic rings. The summed E-state index contributed by atoms with van der Waals surface area (Å²) < 4.78 is 18.6. The van der Waals surface area contributed by atoms with E-state index in [0.29, 0.717) is 19.6 Å². The van der Waals surface area contributed by atoms with E-state index in [0.717, 1.165) is 42.0 Å². The van der Waals surface area contributed by atoms with E-state index in [1.165, 1.54) is 6.07 Å². The molecule has 1 aromatic heterocycles. The van der Waals surface area contributed by atoms with Crippen LogP contribution in [0, 0.1) is 25.6 Å². The van der Waals surface area contributed by atoms with Gasteiger partial charge in [-0.2, -0.15) is 0 Å². The maximum absolute atomic E-state index is 13.4. The van der Waals surface area contributed by atoms with Gasteiger partial charge in [0, 0.05) is 25.7 Å². The standard InChI is InChI=1S/C20H26FN3O2/c1-14-19(15(2)26-22-14)13-23(3)20(25)17-7-5-9-24(12-17)11-16-6-4-8-18(21)10-16/h4,6,8,10,17H,5,7,9,11-13H2,1-3H3. The van der Waals surface area contributed by atoms with Gasteiger partial charge in [0.2, 0.25) is 5.91 Å². The Kier molecular flexibility index (Phi) is 5.71. The fraction of sp³-hybridized carbons (Fsp3) is 0.500. The number of rotatable bonds is 5. The molecule has 0 bridgehead atoms. The first-order valence-electron chi connectivity index (χ1n) is 9.07. The van der Waals surface area contributed by atoms with E-state index in [1.807, 2.05) is 27.0 Å². The van der Waals surface area contributed by atoms with Crippen molar-refractivity contribution in [1.29, 1.82) is 0 Å². The second kappa shape index (κ2) is 7.99. The number of carbonyl (C=O) groups excluding carboxylic acids is 1. The van der Waals surface area contributed by atoms with Gasteiger partial charge in [-0.15, -0.1) is 0 Å². The van der Waals surface area contributed by atoms with Crippen LogP contribution in [0.1, 0.15) is 35.4 Å². The number of hydrogen-bond acceptors (Lipinski definition) is 4. The third kappa shape index (κ3) is 4.30. The van der Waals surface area contributed by atoms with E-state index in [1.54, 1.807) is 17.0 Å². The minimum absolute atomic E-state index is 0.0252. The molecule has 0 radical (unpaired) electrons. The van der Waals surface area contributed by atoms with Crippen LogP contribution in [0.15, 0.2) is 28.8 Å². The number of carbonyl (C=O) groups is 1. The highest BCUT2D eigenvalue weighted by Gasteiger charge is 2.28. The molecule has 0 aliphatic carbocycles. The van der Waals surface area contributed by atoms with Crippen LogP contribution in [0.5, 0.6) is 0 Å². The molecule has 6 heteroatoms. The number of aryl methyl sites for hydroxylation is 2. The molecule has 1 unspecified atom stereocenters. The molecule has 0 spiro atoms. The van der Waals surface area contributed by atoms with Gasteiger partial charge in [-0.1, -0.05) is 17.3 Å². The Bertz CT molecular complexity index is 755. The summed E-state index contributed by atoms with van der Waals surface area (Å²) in [5.74, 6) is 0.668. The lowest BCUT2D eigenvalue weighted by Gasteiger charge is -2.34. The lowest BCUT2D eigenvalue weighted by atomic mass is 9.96. The molecule has 140 valence electrons. The van der Waals surface area contributed by atoms with Gasteiger partial charge in [-0.05, 0) is 50.9 Å².